The summed E-state index contributed by atoms with van der Waals surface area (Å²) in [6.07, 6.45) is 9.45. The van der Waals surface area contributed by atoms with Crippen molar-refractivity contribution in [2.24, 2.45) is 0 Å². The first-order valence-electron chi connectivity index (χ1n) is 9.18. The first-order valence-corrected chi connectivity index (χ1v) is 9.18. The number of hydrogen-bond acceptors (Lipinski definition) is 5. The molecule has 134 valence electrons. The molecule has 2 fully saturated rings. The van der Waals surface area contributed by atoms with Gasteiger partial charge < -0.3 is 9.80 Å². The quantitative estimate of drug-likeness (QED) is 0.890. The third-order valence-corrected chi connectivity index (χ3v) is 5.41. The number of H-pyrrole nitrogens is 1. The lowest BCUT2D eigenvalue weighted by Gasteiger charge is -2.36. The molecule has 2 aromatic rings. The van der Waals surface area contributed by atoms with Crippen LogP contribution < -0.4 is 5.56 Å². The highest BCUT2D eigenvalue weighted by molar-refractivity contribution is 5.94. The number of fused-ring (bicyclic) bond motifs is 1. The number of aromatic amines is 1. The van der Waals surface area contributed by atoms with Gasteiger partial charge in [-0.15, -0.1) is 0 Å². The zero-order valence-corrected chi connectivity index (χ0v) is 14.4. The molecule has 0 spiro atoms. The molecule has 0 bridgehead atoms. The molecule has 8 heteroatoms. The molecular weight excluding hydrogens is 320 g/mol. The lowest BCUT2D eigenvalue weighted by molar-refractivity contribution is 0.0585. The summed E-state index contributed by atoms with van der Waals surface area (Å²) >= 11 is 0. The molecule has 2 aromatic heterocycles. The van der Waals surface area contributed by atoms with Gasteiger partial charge in [0.25, 0.3) is 17.2 Å². The Hall–Kier alpha value is -2.22. The molecule has 25 heavy (non-hydrogen) atoms. The highest BCUT2D eigenvalue weighted by Gasteiger charge is 2.30. The molecule has 4 heterocycles. The van der Waals surface area contributed by atoms with Gasteiger partial charge in [-0.3, -0.25) is 14.7 Å². The normalized spacial score (nSPS) is 21.9. The summed E-state index contributed by atoms with van der Waals surface area (Å²) in [5, 5.41) is 2.71. The SMILES string of the molecule is O=C(c1cnc2nc[nH]n2c1=O)N1CCCC[C@@H]1CCN1CCCC1. The predicted molar refractivity (Wildman–Crippen MR) is 92.6 cm³/mol. The molecular formula is C17H24N6O2. The van der Waals surface area contributed by atoms with Crippen LogP contribution in [0.5, 0.6) is 0 Å². The van der Waals surface area contributed by atoms with Crippen molar-refractivity contribution in [3.8, 4) is 0 Å². The molecule has 1 atom stereocenters. The van der Waals surface area contributed by atoms with Gasteiger partial charge in [0.2, 0.25) is 0 Å². The molecule has 1 amide bonds. The second kappa shape index (κ2) is 6.95. The van der Waals surface area contributed by atoms with E-state index >= 15 is 0 Å². The standard InChI is InChI=1S/C17H24N6O2/c24-15(14-11-18-17-19-12-20-23(17)16(14)25)22-9-2-1-5-13(22)6-10-21-7-3-4-8-21/h11-13H,1-10H2,(H,18,19,20)/t13-/m1/s1. The van der Waals surface area contributed by atoms with E-state index in [-0.39, 0.29) is 28.8 Å². The fraction of sp³-hybridized carbons (Fsp3) is 0.647. The minimum Gasteiger partial charge on any atom is -0.335 e. The lowest BCUT2D eigenvalue weighted by Crippen LogP contribution is -2.46. The maximum absolute atomic E-state index is 13.0. The average molecular weight is 344 g/mol. The Labute approximate surface area is 145 Å². The van der Waals surface area contributed by atoms with Crippen molar-refractivity contribution in [2.75, 3.05) is 26.2 Å². The summed E-state index contributed by atoms with van der Waals surface area (Å²) in [4.78, 5) is 38.0. The molecule has 2 aliphatic rings. The van der Waals surface area contributed by atoms with Crippen LogP contribution in [0.4, 0.5) is 0 Å². The van der Waals surface area contributed by atoms with Gasteiger partial charge in [0.15, 0.2) is 0 Å². The van der Waals surface area contributed by atoms with Crippen LogP contribution in [0.15, 0.2) is 17.3 Å². The topological polar surface area (TPSA) is 86.6 Å². The number of nitrogens with one attached hydrogen (secondary N) is 1. The Balaban J connectivity index is 1.53. The predicted octanol–water partition coefficient (Wildman–Crippen LogP) is 0.898. The van der Waals surface area contributed by atoms with Gasteiger partial charge in [0.05, 0.1) is 0 Å². The van der Waals surface area contributed by atoms with Gasteiger partial charge in [-0.25, -0.2) is 9.97 Å². The molecule has 2 saturated heterocycles. The summed E-state index contributed by atoms with van der Waals surface area (Å²) in [5.41, 5.74) is -0.258. The summed E-state index contributed by atoms with van der Waals surface area (Å²) in [6.45, 7) is 4.09. The number of likely N-dealkylation sites (tertiary alicyclic amines) is 2. The van der Waals surface area contributed by atoms with E-state index in [1.54, 1.807) is 0 Å². The van der Waals surface area contributed by atoms with E-state index in [4.69, 9.17) is 0 Å². The number of hydrogen-bond donors (Lipinski definition) is 1. The molecule has 2 aliphatic heterocycles. The van der Waals surface area contributed by atoms with Crippen LogP contribution >= 0.6 is 0 Å². The smallest absolute Gasteiger partial charge is 0.286 e. The summed E-state index contributed by atoms with van der Waals surface area (Å²) in [6, 6.07) is 0.212. The Bertz CT molecular complexity index is 807. The van der Waals surface area contributed by atoms with Gasteiger partial charge in [-0.2, -0.15) is 4.52 Å². The molecule has 8 nitrogen and oxygen atoms in total. The Morgan fingerprint density at radius 1 is 1.16 bits per heavy atom. The van der Waals surface area contributed by atoms with Crippen LogP contribution in [-0.4, -0.2) is 67.5 Å². The highest BCUT2D eigenvalue weighted by Crippen LogP contribution is 2.22. The lowest BCUT2D eigenvalue weighted by atomic mass is 9.98. The van der Waals surface area contributed by atoms with Crippen molar-refractivity contribution >= 4 is 11.7 Å². The molecule has 0 aliphatic carbocycles. The van der Waals surface area contributed by atoms with E-state index in [1.807, 2.05) is 4.90 Å². The number of aromatic nitrogens is 4. The van der Waals surface area contributed by atoms with Gasteiger partial charge in [-0.05, 0) is 51.6 Å². The van der Waals surface area contributed by atoms with Gasteiger partial charge in [0.1, 0.15) is 11.9 Å². The van der Waals surface area contributed by atoms with Gasteiger partial charge in [0, 0.05) is 25.3 Å². The van der Waals surface area contributed by atoms with Crippen molar-refractivity contribution < 1.29 is 4.79 Å². The maximum Gasteiger partial charge on any atom is 0.286 e. The maximum atomic E-state index is 13.0. The molecule has 1 N–H and O–H groups in total. The van der Waals surface area contributed by atoms with Crippen molar-refractivity contribution in [3.63, 3.8) is 0 Å². The van der Waals surface area contributed by atoms with Crippen LogP contribution in [0, 0.1) is 0 Å². The summed E-state index contributed by atoms with van der Waals surface area (Å²) in [7, 11) is 0. The number of amides is 1. The van der Waals surface area contributed by atoms with Crippen LogP contribution in [0.2, 0.25) is 0 Å². The number of carbonyl (C=O) groups is 1. The third-order valence-electron chi connectivity index (χ3n) is 5.41. The monoisotopic (exact) mass is 344 g/mol. The zero-order chi connectivity index (χ0) is 17.2. The van der Waals surface area contributed by atoms with Crippen molar-refractivity contribution in [1.29, 1.82) is 0 Å². The Morgan fingerprint density at radius 3 is 2.80 bits per heavy atom. The van der Waals surface area contributed by atoms with E-state index in [0.29, 0.717) is 6.54 Å². The average Bonchev–Trinajstić information content (AvgIpc) is 3.32. The fourth-order valence-corrected chi connectivity index (χ4v) is 4.01. The van der Waals surface area contributed by atoms with Crippen molar-refractivity contribution in [3.05, 3.63) is 28.4 Å². The van der Waals surface area contributed by atoms with Crippen LogP contribution in [0.25, 0.3) is 5.78 Å². The number of nitrogens with zero attached hydrogens (tertiary/aromatic N) is 5. The number of carbonyl (C=O) groups excluding carboxylic acids is 1. The van der Waals surface area contributed by atoms with Crippen molar-refractivity contribution in [2.45, 2.75) is 44.6 Å². The van der Waals surface area contributed by atoms with Crippen LogP contribution in [-0.2, 0) is 0 Å². The Morgan fingerprint density at radius 2 is 1.96 bits per heavy atom. The minimum absolute atomic E-state index is 0.120. The van der Waals surface area contributed by atoms with E-state index in [9.17, 15) is 9.59 Å². The van der Waals surface area contributed by atoms with Crippen LogP contribution in [0.1, 0.15) is 48.9 Å². The Kier molecular flexibility index (Phi) is 4.52. The summed E-state index contributed by atoms with van der Waals surface area (Å²) in [5.74, 6) is 0.0819. The van der Waals surface area contributed by atoms with E-state index in [1.165, 1.54) is 43.0 Å². The fourth-order valence-electron chi connectivity index (χ4n) is 4.01. The molecule has 0 unspecified atom stereocenters. The number of piperidine rings is 1. The first kappa shape index (κ1) is 16.3. The second-order valence-corrected chi connectivity index (χ2v) is 6.99. The molecule has 0 saturated carbocycles. The van der Waals surface area contributed by atoms with E-state index in [0.717, 1.165) is 32.2 Å². The largest absolute Gasteiger partial charge is 0.335 e. The van der Waals surface area contributed by atoms with E-state index in [2.05, 4.69) is 20.0 Å². The number of rotatable bonds is 4. The van der Waals surface area contributed by atoms with Crippen molar-refractivity contribution in [1.82, 2.24) is 29.4 Å². The second-order valence-electron chi connectivity index (χ2n) is 6.99. The molecule has 0 aromatic carbocycles. The minimum atomic E-state index is -0.378. The molecule has 0 radical (unpaired) electrons. The van der Waals surface area contributed by atoms with Crippen LogP contribution in [0.3, 0.4) is 0 Å². The summed E-state index contributed by atoms with van der Waals surface area (Å²) < 4.78 is 1.22. The zero-order valence-electron chi connectivity index (χ0n) is 14.4. The van der Waals surface area contributed by atoms with Gasteiger partial charge >= 0.3 is 0 Å². The third kappa shape index (κ3) is 3.18. The first-order chi connectivity index (χ1) is 12.2. The van der Waals surface area contributed by atoms with E-state index < -0.39 is 0 Å². The molecule has 4 rings (SSSR count). The van der Waals surface area contributed by atoms with Gasteiger partial charge in [-0.1, -0.05) is 0 Å². The highest BCUT2D eigenvalue weighted by atomic mass is 16.2.